The van der Waals surface area contributed by atoms with E-state index in [-0.39, 0.29) is 24.0 Å². The monoisotopic (exact) mass is 289 g/mol. The number of likely N-dealkylation sites (tertiary alicyclic amines) is 1. The lowest BCUT2D eigenvalue weighted by Crippen LogP contribution is -2.49. The van der Waals surface area contributed by atoms with Crippen LogP contribution in [0.4, 0.5) is 10.5 Å². The first-order chi connectivity index (χ1) is 9.99. The summed E-state index contributed by atoms with van der Waals surface area (Å²) >= 11 is 0. The lowest BCUT2D eigenvalue weighted by Gasteiger charge is -2.25. The fourth-order valence-electron chi connectivity index (χ4n) is 2.56. The van der Waals surface area contributed by atoms with Crippen molar-refractivity contribution in [3.8, 4) is 0 Å². The molecule has 1 saturated heterocycles. The molecular weight excluding hydrogens is 266 g/mol. The molecule has 0 saturated carbocycles. The van der Waals surface area contributed by atoms with Crippen LogP contribution < -0.4 is 10.6 Å². The van der Waals surface area contributed by atoms with Crippen molar-refractivity contribution in [3.63, 3.8) is 0 Å². The van der Waals surface area contributed by atoms with Gasteiger partial charge in [0.1, 0.15) is 6.04 Å². The normalized spacial score (nSPS) is 17.9. The molecule has 1 aromatic carbocycles. The van der Waals surface area contributed by atoms with Crippen molar-refractivity contribution in [2.24, 2.45) is 0 Å². The Hall–Kier alpha value is -2.04. The van der Waals surface area contributed by atoms with Gasteiger partial charge in [0.15, 0.2) is 0 Å². The summed E-state index contributed by atoms with van der Waals surface area (Å²) in [6.45, 7) is 6.41. The first kappa shape index (κ1) is 15.4. The molecule has 1 aliphatic rings. The minimum atomic E-state index is -0.364. The molecule has 5 heteroatoms. The smallest absolute Gasteiger partial charge is 0.322 e. The second-order valence-electron chi connectivity index (χ2n) is 5.76. The van der Waals surface area contributed by atoms with E-state index in [0.29, 0.717) is 6.54 Å². The fourth-order valence-corrected chi connectivity index (χ4v) is 2.56. The highest BCUT2D eigenvalue weighted by Gasteiger charge is 2.34. The molecule has 1 fully saturated rings. The van der Waals surface area contributed by atoms with Gasteiger partial charge in [0, 0.05) is 18.3 Å². The average Bonchev–Trinajstić information content (AvgIpc) is 2.90. The lowest BCUT2D eigenvalue weighted by molar-refractivity contribution is -0.125. The number of carbonyl (C=O) groups excluding carboxylic acids is 2. The molecule has 1 heterocycles. The van der Waals surface area contributed by atoms with E-state index < -0.39 is 0 Å². The van der Waals surface area contributed by atoms with Gasteiger partial charge in [0.2, 0.25) is 5.91 Å². The molecule has 2 N–H and O–H groups in total. The third kappa shape index (κ3) is 3.74. The van der Waals surface area contributed by atoms with Crippen LogP contribution in [-0.2, 0) is 4.79 Å². The average molecular weight is 289 g/mol. The van der Waals surface area contributed by atoms with Crippen LogP contribution in [0.1, 0.15) is 32.3 Å². The number of aryl methyl sites for hydroxylation is 1. The standard InChI is InChI=1S/C16H23N3O2/c1-11(2)17-15(20)14-9-6-10-19(14)16(21)18-13-8-5-4-7-12(13)3/h4-5,7-8,11,14H,6,9-10H2,1-3H3,(H,17,20)(H,18,21). The first-order valence-electron chi connectivity index (χ1n) is 7.42. The third-order valence-electron chi connectivity index (χ3n) is 3.63. The minimum Gasteiger partial charge on any atom is -0.352 e. The van der Waals surface area contributed by atoms with Gasteiger partial charge in [-0.3, -0.25) is 4.79 Å². The van der Waals surface area contributed by atoms with Crippen molar-refractivity contribution in [1.82, 2.24) is 10.2 Å². The number of urea groups is 1. The number of anilines is 1. The van der Waals surface area contributed by atoms with E-state index in [1.165, 1.54) is 0 Å². The molecule has 0 aliphatic carbocycles. The van der Waals surface area contributed by atoms with Gasteiger partial charge >= 0.3 is 6.03 Å². The third-order valence-corrected chi connectivity index (χ3v) is 3.63. The zero-order valence-electron chi connectivity index (χ0n) is 12.8. The molecule has 0 spiro atoms. The number of hydrogen-bond acceptors (Lipinski definition) is 2. The number of rotatable bonds is 3. The molecule has 1 unspecified atom stereocenters. The van der Waals surface area contributed by atoms with Gasteiger partial charge in [0.05, 0.1) is 0 Å². The Labute approximate surface area is 125 Å². The van der Waals surface area contributed by atoms with Crippen LogP contribution in [0.15, 0.2) is 24.3 Å². The summed E-state index contributed by atoms with van der Waals surface area (Å²) in [5, 5.41) is 5.78. The molecule has 0 aromatic heterocycles. The summed E-state index contributed by atoms with van der Waals surface area (Å²) in [7, 11) is 0. The summed E-state index contributed by atoms with van der Waals surface area (Å²) in [5.41, 5.74) is 1.80. The predicted octanol–water partition coefficient (Wildman–Crippen LogP) is 2.52. The van der Waals surface area contributed by atoms with Crippen molar-refractivity contribution in [1.29, 1.82) is 0 Å². The Morgan fingerprint density at radius 3 is 2.67 bits per heavy atom. The maximum Gasteiger partial charge on any atom is 0.322 e. The molecule has 1 atom stereocenters. The number of hydrogen-bond donors (Lipinski definition) is 2. The van der Waals surface area contributed by atoms with E-state index in [1.807, 2.05) is 45.0 Å². The second-order valence-corrected chi connectivity index (χ2v) is 5.76. The number of amides is 3. The number of carbonyl (C=O) groups is 2. The highest BCUT2D eigenvalue weighted by Crippen LogP contribution is 2.20. The summed E-state index contributed by atoms with van der Waals surface area (Å²) in [5.74, 6) is -0.0672. The maximum atomic E-state index is 12.4. The molecule has 1 aromatic rings. The van der Waals surface area contributed by atoms with Gasteiger partial charge in [-0.1, -0.05) is 18.2 Å². The number of para-hydroxylation sites is 1. The number of benzene rings is 1. The number of nitrogens with zero attached hydrogens (tertiary/aromatic N) is 1. The van der Waals surface area contributed by atoms with Gasteiger partial charge in [0.25, 0.3) is 0 Å². The molecule has 5 nitrogen and oxygen atoms in total. The molecule has 0 bridgehead atoms. The molecule has 3 amide bonds. The Morgan fingerprint density at radius 2 is 2.00 bits per heavy atom. The zero-order valence-corrected chi connectivity index (χ0v) is 12.8. The highest BCUT2D eigenvalue weighted by molar-refractivity contribution is 5.94. The van der Waals surface area contributed by atoms with Crippen molar-refractivity contribution in [2.45, 2.75) is 45.7 Å². The maximum absolute atomic E-state index is 12.4. The molecule has 1 aliphatic heterocycles. The molecule has 21 heavy (non-hydrogen) atoms. The van der Waals surface area contributed by atoms with Crippen LogP contribution >= 0.6 is 0 Å². The van der Waals surface area contributed by atoms with Crippen LogP contribution in [0.5, 0.6) is 0 Å². The topological polar surface area (TPSA) is 61.4 Å². The molecule has 0 radical (unpaired) electrons. The van der Waals surface area contributed by atoms with Crippen molar-refractivity contribution in [3.05, 3.63) is 29.8 Å². The Morgan fingerprint density at radius 1 is 1.29 bits per heavy atom. The Bertz CT molecular complexity index is 528. The fraction of sp³-hybridized carbons (Fsp3) is 0.500. The summed E-state index contributed by atoms with van der Waals surface area (Å²) in [6, 6.07) is 7.14. The van der Waals surface area contributed by atoms with Crippen LogP contribution in [0.25, 0.3) is 0 Å². The number of nitrogens with one attached hydrogen (secondary N) is 2. The lowest BCUT2D eigenvalue weighted by atomic mass is 10.2. The minimum absolute atomic E-state index is 0.0672. The second kappa shape index (κ2) is 6.61. The van der Waals surface area contributed by atoms with E-state index in [1.54, 1.807) is 4.90 Å². The SMILES string of the molecule is Cc1ccccc1NC(=O)N1CCCC1C(=O)NC(C)C. The summed E-state index contributed by atoms with van der Waals surface area (Å²) in [4.78, 5) is 26.2. The van der Waals surface area contributed by atoms with Gasteiger partial charge < -0.3 is 15.5 Å². The van der Waals surface area contributed by atoms with Crippen LogP contribution in [0, 0.1) is 6.92 Å². The molecule has 114 valence electrons. The summed E-state index contributed by atoms with van der Waals surface area (Å²) < 4.78 is 0. The molecular formula is C16H23N3O2. The Balaban J connectivity index is 2.04. The van der Waals surface area contributed by atoms with Gasteiger partial charge in [-0.15, -0.1) is 0 Å². The zero-order chi connectivity index (χ0) is 15.4. The van der Waals surface area contributed by atoms with Crippen LogP contribution in [0.2, 0.25) is 0 Å². The van der Waals surface area contributed by atoms with E-state index in [4.69, 9.17) is 0 Å². The highest BCUT2D eigenvalue weighted by atomic mass is 16.2. The van der Waals surface area contributed by atoms with E-state index >= 15 is 0 Å². The van der Waals surface area contributed by atoms with Gasteiger partial charge in [-0.2, -0.15) is 0 Å². The van der Waals surface area contributed by atoms with E-state index in [2.05, 4.69) is 10.6 Å². The Kier molecular flexibility index (Phi) is 4.83. The van der Waals surface area contributed by atoms with Crippen LogP contribution in [-0.4, -0.2) is 35.5 Å². The predicted molar refractivity (Wildman–Crippen MR) is 83.2 cm³/mol. The van der Waals surface area contributed by atoms with Crippen molar-refractivity contribution < 1.29 is 9.59 Å². The van der Waals surface area contributed by atoms with E-state index in [9.17, 15) is 9.59 Å². The van der Waals surface area contributed by atoms with Gasteiger partial charge in [-0.25, -0.2) is 4.79 Å². The van der Waals surface area contributed by atoms with Crippen molar-refractivity contribution >= 4 is 17.6 Å². The van der Waals surface area contributed by atoms with Crippen LogP contribution in [0.3, 0.4) is 0 Å². The quantitative estimate of drug-likeness (QED) is 0.898. The van der Waals surface area contributed by atoms with Crippen molar-refractivity contribution in [2.75, 3.05) is 11.9 Å². The van der Waals surface area contributed by atoms with E-state index in [0.717, 1.165) is 24.1 Å². The summed E-state index contributed by atoms with van der Waals surface area (Å²) in [6.07, 6.45) is 1.58. The largest absolute Gasteiger partial charge is 0.352 e. The first-order valence-corrected chi connectivity index (χ1v) is 7.42. The van der Waals surface area contributed by atoms with Gasteiger partial charge in [-0.05, 0) is 45.2 Å². The molecule has 2 rings (SSSR count).